The predicted octanol–water partition coefficient (Wildman–Crippen LogP) is 3.70. The molecule has 9 heteroatoms. The molecule has 1 aliphatic heterocycles. The zero-order chi connectivity index (χ0) is 24.2. The number of likely N-dealkylation sites (tertiary alicyclic amines) is 1. The Morgan fingerprint density at radius 2 is 1.97 bits per heavy atom. The molecule has 8 nitrogen and oxygen atoms in total. The van der Waals surface area contributed by atoms with E-state index in [4.69, 9.17) is 17.3 Å². The highest BCUT2D eigenvalue weighted by atomic mass is 35.5. The first-order chi connectivity index (χ1) is 16.4. The van der Waals surface area contributed by atoms with E-state index in [0.29, 0.717) is 48.0 Å². The molecule has 2 N–H and O–H groups in total. The van der Waals surface area contributed by atoms with E-state index in [1.54, 1.807) is 41.2 Å². The third-order valence-electron chi connectivity index (χ3n) is 6.03. The van der Waals surface area contributed by atoms with Crippen molar-refractivity contribution in [2.24, 2.45) is 0 Å². The summed E-state index contributed by atoms with van der Waals surface area (Å²) in [5.41, 5.74) is 10.2. The lowest BCUT2D eigenvalue weighted by atomic mass is 9.97. The second-order valence-electron chi connectivity index (χ2n) is 8.27. The van der Waals surface area contributed by atoms with Crippen molar-refractivity contribution in [3.63, 3.8) is 0 Å². The van der Waals surface area contributed by atoms with Gasteiger partial charge in [0.05, 0.1) is 22.0 Å². The average molecular weight is 479 g/mol. The molecule has 1 aliphatic rings. The summed E-state index contributed by atoms with van der Waals surface area (Å²) in [6, 6.07) is 8.95. The highest BCUT2D eigenvalue weighted by Crippen LogP contribution is 2.34. The number of aromatic nitrogens is 3. The number of likely N-dealkylation sites (N-methyl/N-ethyl adjacent to an activating group) is 1. The number of rotatable bonds is 7. The number of nitrogens with zero attached hydrogens (tertiary/aromatic N) is 5. The molecule has 176 valence electrons. The molecule has 2 aromatic heterocycles. The molecule has 1 aromatic carbocycles. The number of benzene rings is 1. The van der Waals surface area contributed by atoms with Crippen LogP contribution in [0.2, 0.25) is 5.02 Å². The second-order valence-corrected chi connectivity index (χ2v) is 8.68. The van der Waals surface area contributed by atoms with Crippen LogP contribution in [0.4, 0.5) is 5.82 Å². The van der Waals surface area contributed by atoms with Gasteiger partial charge in [-0.3, -0.25) is 9.59 Å². The molecule has 3 aromatic rings. The average Bonchev–Trinajstić information content (AvgIpc) is 3.26. The van der Waals surface area contributed by atoms with E-state index in [2.05, 4.69) is 15.0 Å². The first kappa shape index (κ1) is 23.6. The summed E-state index contributed by atoms with van der Waals surface area (Å²) in [6.07, 6.45) is 5.41. The minimum absolute atomic E-state index is 0.145. The van der Waals surface area contributed by atoms with Gasteiger partial charge < -0.3 is 15.5 Å². The van der Waals surface area contributed by atoms with Crippen LogP contribution in [-0.2, 0) is 11.2 Å². The van der Waals surface area contributed by atoms with Crippen molar-refractivity contribution in [3.8, 4) is 22.4 Å². The summed E-state index contributed by atoms with van der Waals surface area (Å²) in [4.78, 5) is 41.4. The number of nitrogen functional groups attached to an aromatic ring is 1. The highest BCUT2D eigenvalue weighted by Gasteiger charge is 2.22. The molecule has 0 aliphatic carbocycles. The van der Waals surface area contributed by atoms with Crippen LogP contribution >= 0.6 is 11.6 Å². The molecular formula is C25H27ClN6O2. The van der Waals surface area contributed by atoms with E-state index >= 15 is 0 Å². The molecule has 0 bridgehead atoms. The van der Waals surface area contributed by atoms with Crippen LogP contribution in [-0.4, -0.2) is 63.2 Å². The Hall–Kier alpha value is -3.52. The summed E-state index contributed by atoms with van der Waals surface area (Å²) in [7, 11) is 1.72. The van der Waals surface area contributed by atoms with Gasteiger partial charge in [0.2, 0.25) is 5.91 Å². The van der Waals surface area contributed by atoms with E-state index in [0.717, 1.165) is 35.3 Å². The summed E-state index contributed by atoms with van der Waals surface area (Å²) in [5, 5.41) is 0.338. The lowest BCUT2D eigenvalue weighted by molar-refractivity contribution is -0.127. The number of carbonyl (C=O) groups is 2. The Morgan fingerprint density at radius 1 is 1.18 bits per heavy atom. The van der Waals surface area contributed by atoms with Crippen LogP contribution in [0.3, 0.4) is 0 Å². The number of carbonyl (C=O) groups excluding carboxylic acids is 2. The Morgan fingerprint density at radius 3 is 2.62 bits per heavy atom. The minimum Gasteiger partial charge on any atom is -0.384 e. The number of nitrogens with two attached hydrogens (primary N) is 1. The summed E-state index contributed by atoms with van der Waals surface area (Å²) in [5.74, 6) is 0.388. The molecule has 0 unspecified atom stereocenters. The molecule has 2 amide bonds. The number of amides is 2. The monoisotopic (exact) mass is 478 g/mol. The Bertz CT molecular complexity index is 1210. The van der Waals surface area contributed by atoms with Gasteiger partial charge in [-0.05, 0) is 37.1 Å². The fourth-order valence-corrected chi connectivity index (χ4v) is 4.38. The van der Waals surface area contributed by atoms with Crippen molar-refractivity contribution in [2.45, 2.75) is 26.2 Å². The second kappa shape index (κ2) is 10.2. The van der Waals surface area contributed by atoms with E-state index in [1.807, 2.05) is 19.1 Å². The fraction of sp³-hybridized carbons (Fsp3) is 0.320. The summed E-state index contributed by atoms with van der Waals surface area (Å²) in [6.45, 7) is 3.75. The Kier molecular flexibility index (Phi) is 7.07. The zero-order valence-electron chi connectivity index (χ0n) is 19.3. The van der Waals surface area contributed by atoms with Gasteiger partial charge in [0.1, 0.15) is 12.1 Å². The lowest BCUT2D eigenvalue weighted by Gasteiger charge is -2.22. The fourth-order valence-electron chi connectivity index (χ4n) is 4.12. The largest absolute Gasteiger partial charge is 0.384 e. The van der Waals surface area contributed by atoms with Crippen molar-refractivity contribution in [1.29, 1.82) is 0 Å². The standard InChI is InChI=1S/C25H27ClN6O2/c1-3-20-23(17-7-9-21(27)28-14-17)24(30-15-29-20)16-6-8-18(19(26)13-16)25(34)31(2)11-12-32-10-4-5-22(32)33/h6-9,13-15H,3-5,10-12H2,1-2H3,(H2,27,28). The molecule has 0 spiro atoms. The van der Waals surface area contributed by atoms with Gasteiger partial charge in [-0.25, -0.2) is 15.0 Å². The van der Waals surface area contributed by atoms with E-state index < -0.39 is 0 Å². The lowest BCUT2D eigenvalue weighted by Crippen LogP contribution is -2.37. The van der Waals surface area contributed by atoms with Crippen molar-refractivity contribution in [3.05, 3.63) is 59.1 Å². The quantitative estimate of drug-likeness (QED) is 0.555. The maximum atomic E-state index is 13.0. The van der Waals surface area contributed by atoms with Crippen LogP contribution in [0, 0.1) is 0 Å². The molecule has 34 heavy (non-hydrogen) atoms. The predicted molar refractivity (Wildman–Crippen MR) is 132 cm³/mol. The van der Waals surface area contributed by atoms with Gasteiger partial charge in [-0.2, -0.15) is 0 Å². The highest BCUT2D eigenvalue weighted by molar-refractivity contribution is 6.34. The SMILES string of the molecule is CCc1ncnc(-c2ccc(C(=O)N(C)CCN3CCCC3=O)c(Cl)c2)c1-c1ccc(N)nc1. The molecule has 1 fully saturated rings. The number of halogens is 1. The van der Waals surface area contributed by atoms with Gasteiger partial charge in [-0.15, -0.1) is 0 Å². The summed E-state index contributed by atoms with van der Waals surface area (Å²) < 4.78 is 0. The Labute approximate surface area is 203 Å². The third kappa shape index (κ3) is 4.87. The Balaban J connectivity index is 1.60. The van der Waals surface area contributed by atoms with Gasteiger partial charge in [-0.1, -0.05) is 24.6 Å². The molecule has 1 saturated heterocycles. The normalized spacial score (nSPS) is 13.4. The molecule has 0 saturated carbocycles. The van der Waals surface area contributed by atoms with E-state index in [9.17, 15) is 9.59 Å². The molecule has 4 rings (SSSR count). The van der Waals surface area contributed by atoms with Crippen LogP contribution in [0.1, 0.15) is 35.8 Å². The maximum absolute atomic E-state index is 13.0. The van der Waals surface area contributed by atoms with Gasteiger partial charge in [0.25, 0.3) is 5.91 Å². The first-order valence-electron chi connectivity index (χ1n) is 11.3. The van der Waals surface area contributed by atoms with Crippen molar-refractivity contribution in [2.75, 3.05) is 32.4 Å². The number of pyridine rings is 1. The minimum atomic E-state index is -0.192. The van der Waals surface area contributed by atoms with Crippen LogP contribution < -0.4 is 5.73 Å². The van der Waals surface area contributed by atoms with Crippen molar-refractivity contribution in [1.82, 2.24) is 24.8 Å². The van der Waals surface area contributed by atoms with Gasteiger partial charge >= 0.3 is 0 Å². The van der Waals surface area contributed by atoms with Gasteiger partial charge in [0.15, 0.2) is 0 Å². The number of hydrogen-bond acceptors (Lipinski definition) is 6. The molecular weight excluding hydrogens is 452 g/mol. The number of anilines is 1. The van der Waals surface area contributed by atoms with Crippen LogP contribution in [0.25, 0.3) is 22.4 Å². The zero-order valence-corrected chi connectivity index (χ0v) is 20.0. The topological polar surface area (TPSA) is 105 Å². The smallest absolute Gasteiger partial charge is 0.255 e. The maximum Gasteiger partial charge on any atom is 0.255 e. The number of aryl methyl sites for hydroxylation is 1. The molecule has 0 radical (unpaired) electrons. The van der Waals surface area contributed by atoms with E-state index in [1.165, 1.54) is 6.33 Å². The molecule has 0 atom stereocenters. The van der Waals surface area contributed by atoms with Crippen molar-refractivity contribution < 1.29 is 9.59 Å². The van der Waals surface area contributed by atoms with E-state index in [-0.39, 0.29) is 11.8 Å². The van der Waals surface area contributed by atoms with Crippen molar-refractivity contribution >= 4 is 29.2 Å². The van der Waals surface area contributed by atoms with Crippen LogP contribution in [0.5, 0.6) is 0 Å². The first-order valence-corrected chi connectivity index (χ1v) is 11.7. The molecule has 3 heterocycles. The number of hydrogen-bond donors (Lipinski definition) is 1. The summed E-state index contributed by atoms with van der Waals surface area (Å²) >= 11 is 6.58. The third-order valence-corrected chi connectivity index (χ3v) is 6.34. The van der Waals surface area contributed by atoms with Crippen LogP contribution in [0.15, 0.2) is 42.9 Å². The van der Waals surface area contributed by atoms with Gasteiger partial charge in [0, 0.05) is 56.0 Å².